The molecule has 0 atom stereocenters. The molecule has 0 fully saturated rings. The van der Waals surface area contributed by atoms with E-state index < -0.39 is 0 Å². The summed E-state index contributed by atoms with van der Waals surface area (Å²) in [6.07, 6.45) is 0. The zero-order valence-corrected chi connectivity index (χ0v) is 26.3. The van der Waals surface area contributed by atoms with E-state index in [1.165, 1.54) is 0 Å². The lowest BCUT2D eigenvalue weighted by Gasteiger charge is -2.18. The van der Waals surface area contributed by atoms with Gasteiger partial charge in [-0.15, -0.1) is 0 Å². The average molecular weight is 639 g/mol. The van der Waals surface area contributed by atoms with Crippen molar-refractivity contribution in [1.29, 1.82) is 10.5 Å². The molecule has 0 aliphatic carbocycles. The summed E-state index contributed by atoms with van der Waals surface area (Å²) in [7, 11) is 0. The van der Waals surface area contributed by atoms with Crippen LogP contribution in [0.15, 0.2) is 142 Å². The van der Waals surface area contributed by atoms with Gasteiger partial charge >= 0.3 is 0 Å². The zero-order valence-electron chi connectivity index (χ0n) is 26.3. The molecule has 6 nitrogen and oxygen atoms in total. The summed E-state index contributed by atoms with van der Waals surface area (Å²) in [6.45, 7) is 0. The van der Waals surface area contributed by atoms with Crippen molar-refractivity contribution in [2.45, 2.75) is 0 Å². The third kappa shape index (κ3) is 3.44. The van der Waals surface area contributed by atoms with Crippen LogP contribution in [0.2, 0.25) is 0 Å². The van der Waals surface area contributed by atoms with E-state index in [-0.39, 0.29) is 0 Å². The van der Waals surface area contributed by atoms with Crippen LogP contribution < -0.4 is 0 Å². The number of aromatic nitrogens is 2. The van der Waals surface area contributed by atoms with Crippen LogP contribution in [0.1, 0.15) is 11.1 Å². The highest BCUT2D eigenvalue weighted by molar-refractivity contribution is 6.19. The van der Waals surface area contributed by atoms with Gasteiger partial charge < -0.3 is 18.0 Å². The minimum absolute atomic E-state index is 0.402. The molecule has 0 saturated heterocycles. The molecule has 230 valence electrons. The molecule has 0 unspecified atom stereocenters. The van der Waals surface area contributed by atoms with E-state index in [2.05, 4.69) is 81.9 Å². The van der Waals surface area contributed by atoms with Crippen LogP contribution in [0.25, 0.3) is 98.9 Å². The first-order valence-corrected chi connectivity index (χ1v) is 16.4. The smallest absolute Gasteiger partial charge is 0.136 e. The number of para-hydroxylation sites is 4. The second kappa shape index (κ2) is 9.64. The summed E-state index contributed by atoms with van der Waals surface area (Å²) in [5.41, 5.74) is 9.32. The Bertz CT molecular complexity index is 3360. The Morgan fingerprint density at radius 1 is 0.400 bits per heavy atom. The van der Waals surface area contributed by atoms with E-state index >= 15 is 0 Å². The largest absolute Gasteiger partial charge is 0.456 e. The van der Waals surface area contributed by atoms with Crippen molar-refractivity contribution in [3.05, 3.63) is 145 Å². The van der Waals surface area contributed by atoms with E-state index in [1.54, 1.807) is 6.07 Å². The summed E-state index contributed by atoms with van der Waals surface area (Å²) in [5.74, 6) is 0. The molecule has 50 heavy (non-hydrogen) atoms. The molecule has 7 aromatic carbocycles. The minimum atomic E-state index is 0.402. The second-order valence-corrected chi connectivity index (χ2v) is 12.7. The molecule has 0 bridgehead atoms. The van der Waals surface area contributed by atoms with Crippen molar-refractivity contribution in [2.24, 2.45) is 0 Å². The highest BCUT2D eigenvalue weighted by Gasteiger charge is 2.25. The van der Waals surface area contributed by atoms with Gasteiger partial charge in [0.05, 0.1) is 50.6 Å². The fourth-order valence-corrected chi connectivity index (χ4v) is 8.05. The van der Waals surface area contributed by atoms with Gasteiger partial charge in [0.1, 0.15) is 28.4 Å². The molecular formula is C44H22N4O2. The molecule has 4 heterocycles. The van der Waals surface area contributed by atoms with Gasteiger partial charge in [0.25, 0.3) is 0 Å². The van der Waals surface area contributed by atoms with Gasteiger partial charge in [-0.1, -0.05) is 72.8 Å². The van der Waals surface area contributed by atoms with Gasteiger partial charge in [0.2, 0.25) is 0 Å². The Morgan fingerprint density at radius 2 is 0.900 bits per heavy atom. The van der Waals surface area contributed by atoms with Gasteiger partial charge in [-0.2, -0.15) is 10.5 Å². The topological polar surface area (TPSA) is 83.7 Å². The van der Waals surface area contributed by atoms with Crippen molar-refractivity contribution in [1.82, 2.24) is 9.13 Å². The van der Waals surface area contributed by atoms with E-state index in [1.807, 2.05) is 66.7 Å². The van der Waals surface area contributed by atoms with Crippen LogP contribution in [0.4, 0.5) is 0 Å². The fourth-order valence-electron chi connectivity index (χ4n) is 8.05. The van der Waals surface area contributed by atoms with Gasteiger partial charge in [0.15, 0.2) is 0 Å². The molecule has 0 aliphatic rings. The first kappa shape index (κ1) is 26.8. The number of nitrogens with zero attached hydrogens (tertiary/aromatic N) is 4. The highest BCUT2D eigenvalue weighted by Crippen LogP contribution is 2.43. The zero-order chi connectivity index (χ0) is 33.1. The van der Waals surface area contributed by atoms with Crippen molar-refractivity contribution in [3.8, 4) is 23.5 Å². The number of hydrogen-bond donors (Lipinski definition) is 0. The molecule has 0 saturated carbocycles. The Balaban J connectivity index is 1.34. The lowest BCUT2D eigenvalue weighted by Crippen LogP contribution is -2.07. The maximum atomic E-state index is 10.8. The molecule has 0 radical (unpaired) electrons. The summed E-state index contributed by atoms with van der Waals surface area (Å²) >= 11 is 0. The van der Waals surface area contributed by atoms with Crippen molar-refractivity contribution < 1.29 is 8.83 Å². The molecule has 6 heteroatoms. The number of nitriles is 2. The van der Waals surface area contributed by atoms with Gasteiger partial charge in [-0.05, 0) is 60.7 Å². The first-order chi connectivity index (χ1) is 24.7. The number of benzene rings is 7. The number of rotatable bonds is 2. The summed E-state index contributed by atoms with van der Waals surface area (Å²) < 4.78 is 17.0. The lowest BCUT2D eigenvalue weighted by atomic mass is 10.1. The molecule has 11 aromatic rings. The van der Waals surface area contributed by atoms with Gasteiger partial charge in [0, 0.05) is 43.1 Å². The van der Waals surface area contributed by atoms with Crippen LogP contribution in [0, 0.1) is 22.7 Å². The van der Waals surface area contributed by atoms with Crippen molar-refractivity contribution >= 4 is 87.5 Å². The molecule has 0 spiro atoms. The summed E-state index contributed by atoms with van der Waals surface area (Å²) in [4.78, 5) is 0. The second-order valence-electron chi connectivity index (χ2n) is 12.7. The van der Waals surface area contributed by atoms with Gasteiger partial charge in [-0.3, -0.25) is 0 Å². The van der Waals surface area contributed by atoms with E-state index in [4.69, 9.17) is 8.83 Å². The van der Waals surface area contributed by atoms with E-state index in [9.17, 15) is 10.5 Å². The Labute approximate surface area is 283 Å². The normalized spacial score (nSPS) is 12.0. The van der Waals surface area contributed by atoms with Crippen LogP contribution in [0.3, 0.4) is 0 Å². The number of furan rings is 2. The molecule has 0 N–H and O–H groups in total. The third-order valence-electron chi connectivity index (χ3n) is 10.1. The van der Waals surface area contributed by atoms with Crippen LogP contribution >= 0.6 is 0 Å². The number of fused-ring (bicyclic) bond motifs is 12. The van der Waals surface area contributed by atoms with Crippen molar-refractivity contribution in [2.75, 3.05) is 0 Å². The van der Waals surface area contributed by atoms with Crippen molar-refractivity contribution in [3.63, 3.8) is 0 Å². The average Bonchev–Trinajstić information content (AvgIpc) is 3.90. The monoisotopic (exact) mass is 638 g/mol. The fraction of sp³-hybridized carbons (Fsp3) is 0. The Hall–Kier alpha value is -7.28. The molecular weight excluding hydrogens is 617 g/mol. The molecule has 0 amide bonds. The maximum Gasteiger partial charge on any atom is 0.136 e. The quantitative estimate of drug-likeness (QED) is 0.189. The third-order valence-corrected chi connectivity index (χ3v) is 10.1. The first-order valence-electron chi connectivity index (χ1n) is 16.4. The van der Waals surface area contributed by atoms with E-state index in [0.29, 0.717) is 16.8 Å². The Kier molecular flexibility index (Phi) is 5.16. The van der Waals surface area contributed by atoms with Gasteiger partial charge in [-0.25, -0.2) is 0 Å². The molecule has 11 rings (SSSR count). The predicted molar refractivity (Wildman–Crippen MR) is 199 cm³/mol. The Morgan fingerprint density at radius 3 is 1.46 bits per heavy atom. The van der Waals surface area contributed by atoms with E-state index in [0.717, 1.165) is 93.2 Å². The molecule has 0 aliphatic heterocycles. The number of hydrogen-bond acceptors (Lipinski definition) is 4. The maximum absolute atomic E-state index is 10.8. The standard InChI is InChI=1S/C44H22N4O2/c45-23-25-17-26(24-46)44(48-36-14-6-2-10-28(36)32-22-43-34(20-38(32)48)30-12-4-8-16-41(30)50-43)39(18-25)47-35-13-5-1-9-27(35)31-21-42-33(19-37(31)47)29-11-3-7-15-40(29)49-42/h1-22H. The summed E-state index contributed by atoms with van der Waals surface area (Å²) in [5, 5.41) is 29.3. The van der Waals surface area contributed by atoms with Crippen LogP contribution in [0.5, 0.6) is 0 Å². The van der Waals surface area contributed by atoms with Crippen LogP contribution in [-0.4, -0.2) is 9.13 Å². The minimum Gasteiger partial charge on any atom is -0.456 e. The predicted octanol–water partition coefficient (Wildman–Crippen LogP) is 11.4. The highest BCUT2D eigenvalue weighted by atomic mass is 16.3. The van der Waals surface area contributed by atoms with Crippen LogP contribution in [-0.2, 0) is 0 Å². The molecule has 4 aromatic heterocycles. The lowest BCUT2D eigenvalue weighted by molar-refractivity contribution is 0.669. The summed E-state index contributed by atoms with van der Waals surface area (Å²) in [6, 6.07) is 49.7. The SMILES string of the molecule is N#Cc1cc(C#N)c(-n2c3ccccc3c3cc4oc5ccccc5c4cc32)c(-n2c3ccccc3c3cc4oc5ccccc5c4cc32)c1.